The van der Waals surface area contributed by atoms with E-state index in [2.05, 4.69) is 6.58 Å². The van der Waals surface area contributed by atoms with Crippen molar-refractivity contribution in [2.75, 3.05) is 7.11 Å². The summed E-state index contributed by atoms with van der Waals surface area (Å²) in [5.74, 6) is -3.62. The molecule has 0 saturated carbocycles. The van der Waals surface area contributed by atoms with Crippen LogP contribution >= 0.6 is 0 Å². The Morgan fingerprint density at radius 3 is 2.48 bits per heavy atom. The second kappa shape index (κ2) is 10.2. The fraction of sp³-hybridized carbons (Fsp3) is 0.478. The largest absolute Gasteiger partial charge is 0.466 e. The van der Waals surface area contributed by atoms with Gasteiger partial charge in [0.05, 0.1) is 18.6 Å². The van der Waals surface area contributed by atoms with E-state index in [1.165, 1.54) is 14.0 Å². The summed E-state index contributed by atoms with van der Waals surface area (Å²) in [4.78, 5) is 49.6. The molecule has 0 unspecified atom stereocenters. The van der Waals surface area contributed by atoms with Gasteiger partial charge < -0.3 is 18.9 Å². The maximum absolute atomic E-state index is 12.7. The molecular weight excluding hydrogens is 404 g/mol. The molecule has 0 N–H and O–H groups in total. The van der Waals surface area contributed by atoms with Crippen LogP contribution in [0.2, 0.25) is 0 Å². The van der Waals surface area contributed by atoms with Gasteiger partial charge in [-0.1, -0.05) is 24.3 Å². The summed E-state index contributed by atoms with van der Waals surface area (Å²) < 4.78 is 21.5. The Morgan fingerprint density at radius 2 is 1.90 bits per heavy atom. The highest BCUT2D eigenvalue weighted by atomic mass is 16.6. The molecule has 0 spiro atoms. The lowest BCUT2D eigenvalue weighted by molar-refractivity contribution is -0.167. The molecule has 31 heavy (non-hydrogen) atoms. The molecule has 1 heterocycles. The van der Waals surface area contributed by atoms with E-state index in [9.17, 15) is 19.2 Å². The number of allylic oxidation sites excluding steroid dienone is 3. The summed E-state index contributed by atoms with van der Waals surface area (Å²) in [7, 11) is 1.20. The van der Waals surface area contributed by atoms with Crippen LogP contribution in [-0.4, -0.2) is 49.3 Å². The van der Waals surface area contributed by atoms with Gasteiger partial charge in [0, 0.05) is 18.1 Å². The Labute approximate surface area is 181 Å². The number of hydrogen-bond donors (Lipinski definition) is 0. The van der Waals surface area contributed by atoms with Crippen LogP contribution in [0.4, 0.5) is 0 Å². The van der Waals surface area contributed by atoms with E-state index >= 15 is 0 Å². The lowest BCUT2D eigenvalue weighted by Crippen LogP contribution is -2.46. The number of ether oxygens (including phenoxy) is 4. The van der Waals surface area contributed by atoms with Gasteiger partial charge in [-0.25, -0.2) is 14.4 Å². The number of carbonyl (C=O) groups excluding carboxylic acids is 4. The number of esters is 4. The average molecular weight is 432 g/mol. The normalized spacial score (nSPS) is 30.0. The van der Waals surface area contributed by atoms with E-state index in [0.717, 1.165) is 5.57 Å². The quantitative estimate of drug-likeness (QED) is 0.289. The molecular formula is C23H28O8. The van der Waals surface area contributed by atoms with Gasteiger partial charge in [-0.2, -0.15) is 0 Å². The number of hydrogen-bond acceptors (Lipinski definition) is 8. The van der Waals surface area contributed by atoms with E-state index in [1.54, 1.807) is 32.1 Å². The molecule has 2 aliphatic rings. The first-order chi connectivity index (χ1) is 14.6. The maximum atomic E-state index is 12.7. The first-order valence-corrected chi connectivity index (χ1v) is 9.97. The van der Waals surface area contributed by atoms with Gasteiger partial charge >= 0.3 is 23.9 Å². The Kier molecular flexibility index (Phi) is 7.96. The van der Waals surface area contributed by atoms with Gasteiger partial charge in [-0.3, -0.25) is 4.79 Å². The van der Waals surface area contributed by atoms with E-state index < -0.39 is 48.1 Å². The zero-order chi connectivity index (χ0) is 23.3. The van der Waals surface area contributed by atoms with E-state index in [-0.39, 0.29) is 11.1 Å². The summed E-state index contributed by atoms with van der Waals surface area (Å²) >= 11 is 0. The van der Waals surface area contributed by atoms with Crippen LogP contribution in [0, 0.1) is 5.92 Å². The van der Waals surface area contributed by atoms with E-state index in [0.29, 0.717) is 18.4 Å². The SMILES string of the molecule is C=C1C(=O)O[C@@H]2/C=C(/C)CC/C=C(/C(=O)OC)[C@H](OC(C)=O)[C@@H](OC(=O)/C(C)=C\C)[C@@H]12. The third kappa shape index (κ3) is 5.51. The van der Waals surface area contributed by atoms with Gasteiger partial charge in [-0.15, -0.1) is 0 Å². The van der Waals surface area contributed by atoms with Crippen molar-refractivity contribution in [3.63, 3.8) is 0 Å². The van der Waals surface area contributed by atoms with Crippen LogP contribution in [0.5, 0.6) is 0 Å². The molecule has 2 rings (SSSR count). The molecule has 0 amide bonds. The lowest BCUT2D eigenvalue weighted by atomic mass is 9.83. The summed E-state index contributed by atoms with van der Waals surface area (Å²) in [6.45, 7) is 10.1. The third-order valence-corrected chi connectivity index (χ3v) is 5.28. The topological polar surface area (TPSA) is 105 Å². The molecule has 0 aromatic heterocycles. The van der Waals surface area contributed by atoms with Gasteiger partial charge in [-0.05, 0) is 39.7 Å². The molecule has 4 atom stereocenters. The van der Waals surface area contributed by atoms with Gasteiger partial charge in [0.25, 0.3) is 0 Å². The monoisotopic (exact) mass is 432 g/mol. The molecule has 8 heteroatoms. The summed E-state index contributed by atoms with van der Waals surface area (Å²) in [5, 5.41) is 0. The van der Waals surface area contributed by atoms with Crippen molar-refractivity contribution in [1.82, 2.24) is 0 Å². The minimum Gasteiger partial charge on any atom is -0.466 e. The molecule has 0 aromatic carbocycles. The first kappa shape index (κ1) is 24.1. The van der Waals surface area contributed by atoms with Crippen molar-refractivity contribution in [3.05, 3.63) is 47.1 Å². The van der Waals surface area contributed by atoms with Crippen LogP contribution in [0.15, 0.2) is 47.1 Å². The highest BCUT2D eigenvalue weighted by molar-refractivity contribution is 5.93. The molecule has 8 nitrogen and oxygen atoms in total. The molecule has 168 valence electrons. The Morgan fingerprint density at radius 1 is 1.23 bits per heavy atom. The zero-order valence-electron chi connectivity index (χ0n) is 18.4. The van der Waals surface area contributed by atoms with Crippen molar-refractivity contribution in [3.8, 4) is 0 Å². The molecule has 1 saturated heterocycles. The van der Waals surface area contributed by atoms with Crippen LogP contribution < -0.4 is 0 Å². The molecule has 0 radical (unpaired) electrons. The Bertz CT molecular complexity index is 876. The van der Waals surface area contributed by atoms with Crippen molar-refractivity contribution < 1.29 is 38.1 Å². The molecule has 0 aromatic rings. The predicted octanol–water partition coefficient (Wildman–Crippen LogP) is 2.73. The second-order valence-electron chi connectivity index (χ2n) is 7.50. The summed E-state index contributed by atoms with van der Waals surface area (Å²) in [6.07, 6.45) is 2.58. The predicted molar refractivity (Wildman–Crippen MR) is 110 cm³/mol. The minimum atomic E-state index is -1.32. The fourth-order valence-electron chi connectivity index (χ4n) is 3.53. The number of fused-ring (bicyclic) bond motifs is 1. The minimum absolute atomic E-state index is 0.0224. The van der Waals surface area contributed by atoms with Crippen LogP contribution in [-0.2, 0) is 38.1 Å². The van der Waals surface area contributed by atoms with Crippen LogP contribution in [0.3, 0.4) is 0 Å². The summed E-state index contributed by atoms with van der Waals surface area (Å²) in [5.41, 5.74) is 1.31. The molecule has 1 aliphatic carbocycles. The lowest BCUT2D eigenvalue weighted by Gasteiger charge is -2.33. The Hall–Kier alpha value is -3.16. The fourth-order valence-corrected chi connectivity index (χ4v) is 3.53. The van der Waals surface area contributed by atoms with Crippen molar-refractivity contribution >= 4 is 23.9 Å². The third-order valence-electron chi connectivity index (χ3n) is 5.28. The first-order valence-electron chi connectivity index (χ1n) is 9.97. The maximum Gasteiger partial charge on any atom is 0.337 e. The standard InChI is InChI=1S/C23H28O8/c1-7-13(3)21(25)31-20-18-14(4)22(26)30-17(18)11-12(2)9-8-10-16(23(27)28-6)19(20)29-15(5)24/h7,10-11,17-20H,4,8-9H2,1-3,5-6H3/b12-11-,13-7-,16-10+/t17-,18+,19+,20+/m1/s1. The van der Waals surface area contributed by atoms with Crippen LogP contribution in [0.25, 0.3) is 0 Å². The van der Waals surface area contributed by atoms with Gasteiger partial charge in [0.2, 0.25) is 0 Å². The number of carbonyl (C=O) groups is 4. The highest BCUT2D eigenvalue weighted by Gasteiger charge is 2.50. The Balaban J connectivity index is 2.70. The van der Waals surface area contributed by atoms with Gasteiger partial charge in [0.1, 0.15) is 6.10 Å². The average Bonchev–Trinajstić information content (AvgIpc) is 2.99. The number of methoxy groups -OCH3 is 1. The van der Waals surface area contributed by atoms with E-state index in [1.807, 2.05) is 6.92 Å². The number of rotatable bonds is 4. The molecule has 0 bridgehead atoms. The van der Waals surface area contributed by atoms with E-state index in [4.69, 9.17) is 18.9 Å². The zero-order valence-corrected chi connectivity index (χ0v) is 18.4. The van der Waals surface area contributed by atoms with Crippen molar-refractivity contribution in [1.29, 1.82) is 0 Å². The van der Waals surface area contributed by atoms with Crippen molar-refractivity contribution in [2.24, 2.45) is 5.92 Å². The van der Waals surface area contributed by atoms with Crippen LogP contribution in [0.1, 0.15) is 40.5 Å². The smallest absolute Gasteiger partial charge is 0.337 e. The molecule has 1 fully saturated rings. The summed E-state index contributed by atoms with van der Waals surface area (Å²) in [6, 6.07) is 0. The highest BCUT2D eigenvalue weighted by Crippen LogP contribution is 2.38. The van der Waals surface area contributed by atoms with Gasteiger partial charge in [0.15, 0.2) is 12.2 Å². The van der Waals surface area contributed by atoms with Crippen molar-refractivity contribution in [2.45, 2.75) is 58.8 Å². The second-order valence-corrected chi connectivity index (χ2v) is 7.50. The molecule has 1 aliphatic heterocycles.